The Hall–Kier alpha value is -3.13. The van der Waals surface area contributed by atoms with Gasteiger partial charge in [0, 0.05) is 25.1 Å². The highest BCUT2D eigenvalue weighted by atomic mass is 32.2. The number of hydrogen-bond donors (Lipinski definition) is 1. The van der Waals surface area contributed by atoms with Crippen LogP contribution < -0.4 is 10.3 Å². The SMILES string of the molecule is Cc1ccc(C)c(N2N=C(C(=O)N3CSCC3C(=O)NCc3ccccc3)CCC2=O)c1. The topological polar surface area (TPSA) is 82.1 Å². The number of hydrogen-bond acceptors (Lipinski definition) is 5. The number of nitrogens with zero attached hydrogens (tertiary/aromatic N) is 3. The van der Waals surface area contributed by atoms with Crippen LogP contribution in [-0.2, 0) is 20.9 Å². The molecule has 4 rings (SSSR count). The fourth-order valence-electron chi connectivity index (χ4n) is 3.77. The van der Waals surface area contributed by atoms with E-state index in [2.05, 4.69) is 10.4 Å². The lowest BCUT2D eigenvalue weighted by molar-refractivity contribution is -0.133. The van der Waals surface area contributed by atoms with Crippen LogP contribution in [0.15, 0.2) is 53.6 Å². The quantitative estimate of drug-likeness (QED) is 0.759. The average Bonchev–Trinajstić information content (AvgIpc) is 3.30. The van der Waals surface area contributed by atoms with Crippen molar-refractivity contribution >= 4 is 40.9 Å². The number of nitrogens with one attached hydrogen (secondary N) is 1. The second kappa shape index (κ2) is 9.56. The van der Waals surface area contributed by atoms with Gasteiger partial charge in [-0.25, -0.2) is 5.01 Å². The number of hydrazone groups is 1. The molecular weight excluding hydrogens is 424 g/mol. The van der Waals surface area contributed by atoms with Gasteiger partial charge in [0.15, 0.2) is 0 Å². The largest absolute Gasteiger partial charge is 0.350 e. The van der Waals surface area contributed by atoms with Crippen molar-refractivity contribution < 1.29 is 14.4 Å². The summed E-state index contributed by atoms with van der Waals surface area (Å²) in [6, 6.07) is 14.9. The Kier molecular flexibility index (Phi) is 6.60. The highest BCUT2D eigenvalue weighted by Gasteiger charge is 2.38. The minimum atomic E-state index is -0.550. The Bertz CT molecular complexity index is 1070. The zero-order valence-electron chi connectivity index (χ0n) is 18.2. The molecule has 0 spiro atoms. The summed E-state index contributed by atoms with van der Waals surface area (Å²) in [6.07, 6.45) is 0.488. The van der Waals surface area contributed by atoms with Crippen LogP contribution >= 0.6 is 11.8 Å². The second-order valence-corrected chi connectivity index (χ2v) is 9.04. The summed E-state index contributed by atoms with van der Waals surface area (Å²) in [6.45, 7) is 4.28. The Morgan fingerprint density at radius 2 is 1.91 bits per heavy atom. The summed E-state index contributed by atoms with van der Waals surface area (Å²) in [5.41, 5.74) is 3.93. The molecule has 1 unspecified atom stereocenters. The molecule has 0 saturated carbocycles. The zero-order chi connectivity index (χ0) is 22.7. The summed E-state index contributed by atoms with van der Waals surface area (Å²) < 4.78 is 0. The molecule has 1 atom stereocenters. The predicted molar refractivity (Wildman–Crippen MR) is 126 cm³/mol. The van der Waals surface area contributed by atoms with Crippen molar-refractivity contribution in [1.29, 1.82) is 0 Å². The van der Waals surface area contributed by atoms with E-state index in [0.29, 0.717) is 29.6 Å². The number of carbonyl (C=O) groups excluding carboxylic acids is 3. The van der Waals surface area contributed by atoms with Crippen LogP contribution in [0.25, 0.3) is 0 Å². The number of rotatable bonds is 5. The third-order valence-electron chi connectivity index (χ3n) is 5.63. The van der Waals surface area contributed by atoms with Gasteiger partial charge in [-0.15, -0.1) is 11.8 Å². The maximum atomic E-state index is 13.3. The summed E-state index contributed by atoms with van der Waals surface area (Å²) in [5.74, 6) is 0.379. The summed E-state index contributed by atoms with van der Waals surface area (Å²) in [5, 5.41) is 8.71. The molecular formula is C24H26N4O3S. The highest BCUT2D eigenvalue weighted by molar-refractivity contribution is 7.99. The van der Waals surface area contributed by atoms with Crippen LogP contribution in [0.4, 0.5) is 5.69 Å². The molecule has 0 aliphatic carbocycles. The van der Waals surface area contributed by atoms with Crippen molar-refractivity contribution in [3.05, 3.63) is 65.2 Å². The van der Waals surface area contributed by atoms with Crippen molar-refractivity contribution in [2.75, 3.05) is 16.6 Å². The molecule has 1 saturated heterocycles. The highest BCUT2D eigenvalue weighted by Crippen LogP contribution is 2.27. The van der Waals surface area contributed by atoms with E-state index in [9.17, 15) is 14.4 Å². The first kappa shape index (κ1) is 22.1. The first-order valence-corrected chi connectivity index (χ1v) is 11.8. The fraction of sp³-hybridized carbons (Fsp3) is 0.333. The lowest BCUT2D eigenvalue weighted by atomic mass is 10.1. The third-order valence-corrected chi connectivity index (χ3v) is 6.64. The smallest absolute Gasteiger partial charge is 0.271 e. The minimum absolute atomic E-state index is 0.136. The van der Waals surface area contributed by atoms with Gasteiger partial charge in [-0.05, 0) is 36.6 Å². The van der Waals surface area contributed by atoms with Crippen molar-refractivity contribution in [3.63, 3.8) is 0 Å². The van der Waals surface area contributed by atoms with E-state index >= 15 is 0 Å². The molecule has 0 radical (unpaired) electrons. The molecule has 3 amide bonds. The Morgan fingerprint density at radius 3 is 2.69 bits per heavy atom. The van der Waals surface area contributed by atoms with Crippen LogP contribution in [0, 0.1) is 13.8 Å². The maximum Gasteiger partial charge on any atom is 0.271 e. The molecule has 1 fully saturated rings. The number of aryl methyl sites for hydroxylation is 2. The van der Waals surface area contributed by atoms with Gasteiger partial charge in [0.1, 0.15) is 11.8 Å². The number of benzene rings is 2. The summed E-state index contributed by atoms with van der Waals surface area (Å²) >= 11 is 1.54. The Balaban J connectivity index is 1.50. The first-order chi connectivity index (χ1) is 15.4. The third kappa shape index (κ3) is 4.70. The molecule has 0 aromatic heterocycles. The van der Waals surface area contributed by atoms with E-state index in [1.54, 1.807) is 16.7 Å². The molecule has 32 heavy (non-hydrogen) atoms. The standard InChI is InChI=1S/C24H26N4O3S/c1-16-8-9-17(2)20(12-16)28-22(29)11-10-19(26-28)24(31)27-15-32-14-21(27)23(30)25-13-18-6-4-3-5-7-18/h3-9,12,21H,10-11,13-15H2,1-2H3,(H,25,30). The van der Waals surface area contributed by atoms with E-state index in [0.717, 1.165) is 16.7 Å². The molecule has 2 aromatic carbocycles. The molecule has 2 aromatic rings. The lowest BCUT2D eigenvalue weighted by Gasteiger charge is -2.28. The first-order valence-electron chi connectivity index (χ1n) is 10.6. The molecule has 2 aliphatic rings. The normalized spacial score (nSPS) is 18.5. The van der Waals surface area contributed by atoms with Crippen LogP contribution in [0.5, 0.6) is 0 Å². The molecule has 1 N–H and O–H groups in total. The van der Waals surface area contributed by atoms with E-state index in [1.807, 2.05) is 62.4 Å². The molecule has 8 heteroatoms. The monoisotopic (exact) mass is 450 g/mol. The van der Waals surface area contributed by atoms with Crippen LogP contribution in [0.1, 0.15) is 29.5 Å². The van der Waals surface area contributed by atoms with Crippen LogP contribution in [0.2, 0.25) is 0 Å². The van der Waals surface area contributed by atoms with E-state index < -0.39 is 6.04 Å². The average molecular weight is 451 g/mol. The van der Waals surface area contributed by atoms with Gasteiger partial charge in [-0.1, -0.05) is 42.5 Å². The number of amides is 3. The van der Waals surface area contributed by atoms with Crippen molar-refractivity contribution in [2.24, 2.45) is 5.10 Å². The minimum Gasteiger partial charge on any atom is -0.350 e. The van der Waals surface area contributed by atoms with Crippen molar-refractivity contribution in [1.82, 2.24) is 10.2 Å². The van der Waals surface area contributed by atoms with Crippen LogP contribution in [-0.4, -0.2) is 46.0 Å². The van der Waals surface area contributed by atoms with E-state index in [4.69, 9.17) is 0 Å². The van der Waals surface area contributed by atoms with Gasteiger partial charge >= 0.3 is 0 Å². The van der Waals surface area contributed by atoms with Crippen molar-refractivity contribution in [2.45, 2.75) is 39.3 Å². The second-order valence-electron chi connectivity index (χ2n) is 8.04. The number of anilines is 1. The van der Waals surface area contributed by atoms with Crippen molar-refractivity contribution in [3.8, 4) is 0 Å². The van der Waals surface area contributed by atoms with Gasteiger partial charge in [-0.2, -0.15) is 5.10 Å². The molecule has 0 bridgehead atoms. The Labute approximate surface area is 191 Å². The van der Waals surface area contributed by atoms with E-state index in [-0.39, 0.29) is 30.6 Å². The zero-order valence-corrected chi connectivity index (χ0v) is 19.0. The van der Waals surface area contributed by atoms with Gasteiger partial charge in [0.05, 0.1) is 11.6 Å². The number of thioether (sulfide) groups is 1. The molecule has 2 heterocycles. The Morgan fingerprint density at radius 1 is 1.12 bits per heavy atom. The van der Waals surface area contributed by atoms with Gasteiger partial charge in [-0.3, -0.25) is 14.4 Å². The number of carbonyl (C=O) groups is 3. The van der Waals surface area contributed by atoms with Crippen LogP contribution in [0.3, 0.4) is 0 Å². The molecule has 7 nitrogen and oxygen atoms in total. The fourth-order valence-corrected chi connectivity index (χ4v) is 4.93. The predicted octanol–water partition coefficient (Wildman–Crippen LogP) is 3.00. The van der Waals surface area contributed by atoms with Gasteiger partial charge in [0.25, 0.3) is 5.91 Å². The van der Waals surface area contributed by atoms with Gasteiger partial charge in [0.2, 0.25) is 11.8 Å². The summed E-state index contributed by atoms with van der Waals surface area (Å²) in [4.78, 5) is 40.2. The summed E-state index contributed by atoms with van der Waals surface area (Å²) in [7, 11) is 0. The molecule has 2 aliphatic heterocycles. The molecule has 166 valence electrons. The lowest BCUT2D eigenvalue weighted by Crippen LogP contribution is -2.50. The van der Waals surface area contributed by atoms with E-state index in [1.165, 1.54) is 5.01 Å². The maximum absolute atomic E-state index is 13.3. The van der Waals surface area contributed by atoms with Gasteiger partial charge < -0.3 is 10.2 Å².